The van der Waals surface area contributed by atoms with Crippen LogP contribution >= 0.6 is 24.0 Å². The Hall–Kier alpha value is -0.0500. The summed E-state index contributed by atoms with van der Waals surface area (Å²) in [7, 11) is -3.12. The van der Waals surface area contributed by atoms with Crippen molar-refractivity contribution in [2.75, 3.05) is 19.3 Å². The van der Waals surface area contributed by atoms with Crippen LogP contribution in [0.15, 0.2) is 4.99 Å². The van der Waals surface area contributed by atoms with Crippen LogP contribution in [0.3, 0.4) is 0 Å². The van der Waals surface area contributed by atoms with Crippen molar-refractivity contribution in [1.82, 2.24) is 5.32 Å². The van der Waals surface area contributed by atoms with E-state index >= 15 is 0 Å². The van der Waals surface area contributed by atoms with Gasteiger partial charge in [0.25, 0.3) is 0 Å². The number of hydrogen-bond donors (Lipinski definition) is 2. The lowest BCUT2D eigenvalue weighted by molar-refractivity contribution is 0.554. The topological polar surface area (TPSA) is 84.5 Å². The third-order valence-electron chi connectivity index (χ3n) is 2.66. The lowest BCUT2D eigenvalue weighted by Gasteiger charge is -2.20. The Labute approximate surface area is 128 Å². The zero-order valence-corrected chi connectivity index (χ0v) is 15.0. The minimum atomic E-state index is -3.12. The minimum Gasteiger partial charge on any atom is -0.370 e. The van der Waals surface area contributed by atoms with E-state index < -0.39 is 14.6 Å². The maximum absolute atomic E-state index is 11.4. The molecule has 0 aromatic heterocycles. The standard InChI is InChI=1S/C11H25N3O2S.HI/c1-9(2)6-7-13-10(12)14-8-11(3,4)17(5,15)16;/h9H,6-8H2,1-5H3,(H3,12,13,14);1H. The first-order chi connectivity index (χ1) is 7.56. The van der Waals surface area contributed by atoms with Gasteiger partial charge in [0.15, 0.2) is 15.8 Å². The van der Waals surface area contributed by atoms with Crippen LogP contribution in [0.1, 0.15) is 34.1 Å². The van der Waals surface area contributed by atoms with E-state index in [0.717, 1.165) is 13.0 Å². The molecule has 0 spiro atoms. The number of nitrogens with zero attached hydrogens (tertiary/aromatic N) is 1. The third-order valence-corrected chi connectivity index (χ3v) is 4.80. The van der Waals surface area contributed by atoms with Gasteiger partial charge in [-0.15, -0.1) is 24.0 Å². The summed E-state index contributed by atoms with van der Waals surface area (Å²) in [6.07, 6.45) is 2.22. The van der Waals surface area contributed by atoms with E-state index in [-0.39, 0.29) is 30.5 Å². The average Bonchev–Trinajstić information content (AvgIpc) is 2.12. The number of rotatable bonds is 6. The molecule has 0 unspecified atom stereocenters. The molecule has 110 valence electrons. The van der Waals surface area contributed by atoms with Crippen molar-refractivity contribution in [1.29, 1.82) is 0 Å². The number of sulfone groups is 1. The van der Waals surface area contributed by atoms with Gasteiger partial charge >= 0.3 is 0 Å². The number of aliphatic imine (C=N–C) groups is 1. The summed E-state index contributed by atoms with van der Waals surface area (Å²) >= 11 is 0. The Morgan fingerprint density at radius 3 is 2.28 bits per heavy atom. The molecule has 0 aromatic carbocycles. The van der Waals surface area contributed by atoms with Crippen LogP contribution in [0.2, 0.25) is 0 Å². The molecule has 0 aliphatic carbocycles. The molecule has 7 heteroatoms. The van der Waals surface area contributed by atoms with Gasteiger partial charge in [0, 0.05) is 12.8 Å². The van der Waals surface area contributed by atoms with Gasteiger partial charge in [-0.2, -0.15) is 0 Å². The molecule has 0 radical (unpaired) electrons. The van der Waals surface area contributed by atoms with Gasteiger partial charge in [-0.05, 0) is 26.2 Å². The Balaban J connectivity index is 0. The van der Waals surface area contributed by atoms with Crippen LogP contribution in [0.5, 0.6) is 0 Å². The van der Waals surface area contributed by atoms with Crippen LogP contribution in [0.4, 0.5) is 0 Å². The second-order valence-corrected chi connectivity index (χ2v) is 7.99. The van der Waals surface area contributed by atoms with E-state index in [1.807, 2.05) is 0 Å². The molecular weight excluding hydrogens is 365 g/mol. The molecule has 0 atom stereocenters. The summed E-state index contributed by atoms with van der Waals surface area (Å²) < 4.78 is 22.0. The summed E-state index contributed by atoms with van der Waals surface area (Å²) in [6.45, 7) is 8.47. The highest BCUT2D eigenvalue weighted by atomic mass is 127. The first kappa shape index (κ1) is 20.3. The van der Waals surface area contributed by atoms with E-state index in [2.05, 4.69) is 24.2 Å². The molecule has 0 fully saturated rings. The highest BCUT2D eigenvalue weighted by molar-refractivity contribution is 14.0. The predicted molar refractivity (Wildman–Crippen MR) is 88.3 cm³/mol. The molecule has 0 aliphatic heterocycles. The van der Waals surface area contributed by atoms with Crippen LogP contribution in [-0.4, -0.2) is 38.5 Å². The maximum atomic E-state index is 11.4. The number of guanidine groups is 1. The normalized spacial score (nSPS) is 13.3. The minimum absolute atomic E-state index is 0. The van der Waals surface area contributed by atoms with Gasteiger partial charge in [-0.3, -0.25) is 4.99 Å². The molecule has 0 amide bonds. The molecule has 18 heavy (non-hydrogen) atoms. The maximum Gasteiger partial charge on any atom is 0.188 e. The van der Waals surface area contributed by atoms with Crippen molar-refractivity contribution in [3.63, 3.8) is 0 Å². The van der Waals surface area contributed by atoms with Crippen LogP contribution in [0, 0.1) is 5.92 Å². The average molecular weight is 391 g/mol. The van der Waals surface area contributed by atoms with E-state index in [0.29, 0.717) is 11.9 Å². The monoisotopic (exact) mass is 391 g/mol. The fraction of sp³-hybridized carbons (Fsp3) is 0.909. The Kier molecular flexibility index (Phi) is 9.22. The summed E-state index contributed by atoms with van der Waals surface area (Å²) in [6, 6.07) is 0. The Bertz CT molecular complexity index is 364. The molecule has 0 saturated carbocycles. The molecular formula is C11H26IN3O2S. The summed E-state index contributed by atoms with van der Waals surface area (Å²) in [5.74, 6) is 0.908. The zero-order chi connectivity index (χ0) is 13.7. The van der Waals surface area contributed by atoms with Crippen LogP contribution in [0.25, 0.3) is 0 Å². The van der Waals surface area contributed by atoms with Gasteiger partial charge in [-0.1, -0.05) is 13.8 Å². The van der Waals surface area contributed by atoms with Gasteiger partial charge in [-0.25, -0.2) is 8.42 Å². The lowest BCUT2D eigenvalue weighted by atomic mass is 10.1. The Morgan fingerprint density at radius 1 is 1.39 bits per heavy atom. The van der Waals surface area contributed by atoms with Crippen molar-refractivity contribution in [3.05, 3.63) is 0 Å². The smallest absolute Gasteiger partial charge is 0.188 e. The molecule has 0 heterocycles. The van der Waals surface area contributed by atoms with E-state index in [1.165, 1.54) is 6.26 Å². The quantitative estimate of drug-likeness (QED) is 0.407. The van der Waals surface area contributed by atoms with Crippen molar-refractivity contribution in [2.45, 2.75) is 38.9 Å². The fourth-order valence-electron chi connectivity index (χ4n) is 0.938. The number of hydrogen-bond acceptors (Lipinski definition) is 3. The van der Waals surface area contributed by atoms with Crippen LogP contribution < -0.4 is 11.1 Å². The number of nitrogens with one attached hydrogen (secondary N) is 1. The van der Waals surface area contributed by atoms with Gasteiger partial charge < -0.3 is 11.1 Å². The molecule has 0 aromatic rings. The summed E-state index contributed by atoms with van der Waals surface area (Å²) in [4.78, 5) is 4.06. The van der Waals surface area contributed by atoms with E-state index in [9.17, 15) is 8.42 Å². The van der Waals surface area contributed by atoms with Crippen molar-refractivity contribution in [3.8, 4) is 0 Å². The third kappa shape index (κ3) is 8.12. The highest BCUT2D eigenvalue weighted by Gasteiger charge is 2.29. The molecule has 0 rings (SSSR count). The second-order valence-electron chi connectivity index (χ2n) is 5.34. The second kappa shape index (κ2) is 8.19. The first-order valence-corrected chi connectivity index (χ1v) is 7.69. The van der Waals surface area contributed by atoms with Crippen molar-refractivity contribution >= 4 is 39.8 Å². The first-order valence-electron chi connectivity index (χ1n) is 5.79. The highest BCUT2D eigenvalue weighted by Crippen LogP contribution is 2.14. The van der Waals surface area contributed by atoms with Gasteiger partial charge in [0.05, 0.1) is 11.3 Å². The number of nitrogens with two attached hydrogens (primary N) is 1. The fourth-order valence-corrected chi connectivity index (χ4v) is 1.24. The molecule has 5 nitrogen and oxygen atoms in total. The molecule has 3 N–H and O–H groups in total. The van der Waals surface area contributed by atoms with E-state index in [4.69, 9.17) is 5.73 Å². The molecule has 0 bridgehead atoms. The predicted octanol–water partition coefficient (Wildman–Crippen LogP) is 1.38. The van der Waals surface area contributed by atoms with Crippen molar-refractivity contribution in [2.24, 2.45) is 16.6 Å². The van der Waals surface area contributed by atoms with Gasteiger partial charge in [0.2, 0.25) is 0 Å². The SMILES string of the molecule is CC(C)CCNC(N)=NCC(C)(C)S(C)(=O)=O.I. The zero-order valence-electron chi connectivity index (χ0n) is 11.9. The Morgan fingerprint density at radius 2 is 1.89 bits per heavy atom. The number of halogens is 1. The van der Waals surface area contributed by atoms with Gasteiger partial charge in [0.1, 0.15) is 0 Å². The van der Waals surface area contributed by atoms with E-state index in [1.54, 1.807) is 13.8 Å². The lowest BCUT2D eigenvalue weighted by Crippen LogP contribution is -2.38. The largest absolute Gasteiger partial charge is 0.370 e. The summed E-state index contributed by atoms with van der Waals surface area (Å²) in [5, 5.41) is 2.97. The van der Waals surface area contributed by atoms with Crippen molar-refractivity contribution < 1.29 is 8.42 Å². The molecule has 0 saturated heterocycles. The van der Waals surface area contributed by atoms with Crippen LogP contribution in [-0.2, 0) is 9.84 Å². The molecule has 0 aliphatic rings. The summed E-state index contributed by atoms with van der Waals surface area (Å²) in [5.41, 5.74) is 5.65.